The smallest absolute Gasteiger partial charge is 0.255 e. The SMILES string of the molecule is COCCNC(=O)[C@H]1c2ccccc2C(=O)N(Cc2ccco2)C12CCCCC2. The summed E-state index contributed by atoms with van der Waals surface area (Å²) in [5, 5.41) is 3.03. The van der Waals surface area contributed by atoms with Crippen LogP contribution < -0.4 is 5.32 Å². The lowest BCUT2D eigenvalue weighted by molar-refractivity contribution is -0.127. The van der Waals surface area contributed by atoms with E-state index in [1.54, 1.807) is 13.4 Å². The fraction of sp³-hybridized carbons (Fsp3) is 0.478. The van der Waals surface area contributed by atoms with E-state index in [0.717, 1.165) is 43.4 Å². The van der Waals surface area contributed by atoms with Crippen LogP contribution in [0.4, 0.5) is 0 Å². The number of hydrogen-bond acceptors (Lipinski definition) is 4. The molecule has 6 nitrogen and oxygen atoms in total. The Morgan fingerprint density at radius 1 is 1.21 bits per heavy atom. The molecule has 1 fully saturated rings. The molecule has 154 valence electrons. The Morgan fingerprint density at radius 3 is 2.72 bits per heavy atom. The Balaban J connectivity index is 1.79. The molecular formula is C23H28N2O4. The van der Waals surface area contributed by atoms with Crippen LogP contribution in [0.1, 0.15) is 59.7 Å². The molecule has 2 aliphatic rings. The van der Waals surface area contributed by atoms with Gasteiger partial charge in [-0.25, -0.2) is 0 Å². The molecule has 2 aromatic rings. The van der Waals surface area contributed by atoms with Gasteiger partial charge in [-0.15, -0.1) is 0 Å². The van der Waals surface area contributed by atoms with E-state index >= 15 is 0 Å². The molecule has 1 saturated carbocycles. The third kappa shape index (κ3) is 3.57. The number of hydrogen-bond donors (Lipinski definition) is 1. The number of methoxy groups -OCH3 is 1. The van der Waals surface area contributed by atoms with Gasteiger partial charge in [0.05, 0.1) is 30.9 Å². The van der Waals surface area contributed by atoms with E-state index in [-0.39, 0.29) is 11.8 Å². The van der Waals surface area contributed by atoms with Gasteiger partial charge >= 0.3 is 0 Å². The lowest BCUT2D eigenvalue weighted by atomic mass is 9.65. The van der Waals surface area contributed by atoms with E-state index in [1.807, 2.05) is 41.3 Å². The lowest BCUT2D eigenvalue weighted by Gasteiger charge is -2.53. The van der Waals surface area contributed by atoms with E-state index in [2.05, 4.69) is 5.32 Å². The summed E-state index contributed by atoms with van der Waals surface area (Å²) < 4.78 is 10.7. The molecule has 1 aliphatic carbocycles. The van der Waals surface area contributed by atoms with Gasteiger partial charge in [-0.05, 0) is 36.6 Å². The van der Waals surface area contributed by atoms with Gasteiger partial charge in [0.2, 0.25) is 5.91 Å². The molecule has 1 aliphatic heterocycles. The average molecular weight is 396 g/mol. The summed E-state index contributed by atoms with van der Waals surface area (Å²) in [7, 11) is 1.62. The average Bonchev–Trinajstić information content (AvgIpc) is 3.26. The highest BCUT2D eigenvalue weighted by atomic mass is 16.5. The number of nitrogens with zero attached hydrogens (tertiary/aromatic N) is 1. The molecule has 1 atom stereocenters. The molecule has 1 spiro atoms. The van der Waals surface area contributed by atoms with E-state index in [9.17, 15) is 9.59 Å². The number of nitrogens with one attached hydrogen (secondary N) is 1. The van der Waals surface area contributed by atoms with Gasteiger partial charge in [-0.1, -0.05) is 37.5 Å². The van der Waals surface area contributed by atoms with E-state index in [4.69, 9.17) is 9.15 Å². The summed E-state index contributed by atoms with van der Waals surface area (Å²) in [6, 6.07) is 11.3. The summed E-state index contributed by atoms with van der Waals surface area (Å²) in [4.78, 5) is 28.9. The highest BCUT2D eigenvalue weighted by Gasteiger charge is 2.54. The second-order valence-electron chi connectivity index (χ2n) is 7.94. The second-order valence-corrected chi connectivity index (χ2v) is 7.94. The largest absolute Gasteiger partial charge is 0.467 e. The van der Waals surface area contributed by atoms with E-state index in [0.29, 0.717) is 25.3 Å². The fourth-order valence-electron chi connectivity index (χ4n) is 5.01. The zero-order valence-corrected chi connectivity index (χ0v) is 16.9. The number of carbonyl (C=O) groups excluding carboxylic acids is 2. The first kappa shape index (κ1) is 19.7. The Hall–Kier alpha value is -2.60. The molecule has 4 rings (SSSR count). The molecule has 0 unspecified atom stereocenters. The van der Waals surface area contributed by atoms with Crippen LogP contribution in [0.2, 0.25) is 0 Å². The normalized spacial score (nSPS) is 20.5. The zero-order valence-electron chi connectivity index (χ0n) is 16.9. The molecule has 1 aromatic carbocycles. The molecule has 2 heterocycles. The van der Waals surface area contributed by atoms with Gasteiger partial charge in [-0.3, -0.25) is 9.59 Å². The summed E-state index contributed by atoms with van der Waals surface area (Å²) in [5.74, 6) is 0.290. The van der Waals surface area contributed by atoms with Crippen molar-refractivity contribution >= 4 is 11.8 Å². The van der Waals surface area contributed by atoms with E-state index in [1.165, 1.54) is 0 Å². The van der Waals surface area contributed by atoms with Crippen molar-refractivity contribution in [2.75, 3.05) is 20.3 Å². The van der Waals surface area contributed by atoms with Crippen molar-refractivity contribution in [1.29, 1.82) is 0 Å². The van der Waals surface area contributed by atoms with Crippen molar-refractivity contribution in [1.82, 2.24) is 10.2 Å². The minimum Gasteiger partial charge on any atom is -0.467 e. The molecule has 0 bridgehead atoms. The molecule has 0 saturated heterocycles. The van der Waals surface area contributed by atoms with Gasteiger partial charge in [-0.2, -0.15) is 0 Å². The molecule has 1 N–H and O–H groups in total. The van der Waals surface area contributed by atoms with Crippen molar-refractivity contribution in [2.24, 2.45) is 0 Å². The maximum Gasteiger partial charge on any atom is 0.255 e. The quantitative estimate of drug-likeness (QED) is 0.759. The number of ether oxygens (including phenoxy) is 1. The number of rotatable bonds is 6. The molecule has 1 aromatic heterocycles. The Bertz CT molecular complexity index is 856. The topological polar surface area (TPSA) is 71.8 Å². The van der Waals surface area contributed by atoms with Crippen molar-refractivity contribution in [3.63, 3.8) is 0 Å². The Morgan fingerprint density at radius 2 is 2.00 bits per heavy atom. The fourth-order valence-corrected chi connectivity index (χ4v) is 5.01. The lowest BCUT2D eigenvalue weighted by Crippen LogP contribution is -2.62. The summed E-state index contributed by atoms with van der Waals surface area (Å²) in [5.41, 5.74) is 0.917. The third-order valence-electron chi connectivity index (χ3n) is 6.30. The maximum atomic E-state index is 13.6. The van der Waals surface area contributed by atoms with Crippen molar-refractivity contribution < 1.29 is 18.7 Å². The molecular weight excluding hydrogens is 368 g/mol. The van der Waals surface area contributed by atoms with Gasteiger partial charge < -0.3 is 19.4 Å². The summed E-state index contributed by atoms with van der Waals surface area (Å²) >= 11 is 0. The number of amides is 2. The first-order chi connectivity index (χ1) is 14.2. The Labute approximate surface area is 171 Å². The number of benzene rings is 1. The van der Waals surface area contributed by atoms with Crippen LogP contribution in [0.15, 0.2) is 47.1 Å². The highest BCUT2D eigenvalue weighted by Crippen LogP contribution is 2.49. The minimum absolute atomic E-state index is 0.0140. The van der Waals surface area contributed by atoms with Crippen LogP contribution in [-0.2, 0) is 16.1 Å². The van der Waals surface area contributed by atoms with Gasteiger partial charge in [0.15, 0.2) is 0 Å². The van der Waals surface area contributed by atoms with Crippen molar-refractivity contribution in [3.8, 4) is 0 Å². The summed E-state index contributed by atoms with van der Waals surface area (Å²) in [6.07, 6.45) is 6.40. The van der Waals surface area contributed by atoms with E-state index < -0.39 is 11.5 Å². The van der Waals surface area contributed by atoms with Crippen LogP contribution in [0.3, 0.4) is 0 Å². The molecule has 0 radical (unpaired) electrons. The predicted octanol–water partition coefficient (Wildman–Crippen LogP) is 3.48. The third-order valence-corrected chi connectivity index (χ3v) is 6.30. The summed E-state index contributed by atoms with van der Waals surface area (Å²) in [6.45, 7) is 1.29. The monoisotopic (exact) mass is 396 g/mol. The van der Waals surface area contributed by atoms with Crippen molar-refractivity contribution in [2.45, 2.75) is 50.1 Å². The number of carbonyl (C=O) groups is 2. The zero-order chi connectivity index (χ0) is 20.3. The molecule has 6 heteroatoms. The number of fused-ring (bicyclic) bond motifs is 1. The highest BCUT2D eigenvalue weighted by molar-refractivity contribution is 6.02. The van der Waals surface area contributed by atoms with Crippen LogP contribution >= 0.6 is 0 Å². The first-order valence-electron chi connectivity index (χ1n) is 10.4. The van der Waals surface area contributed by atoms with Crippen LogP contribution in [-0.4, -0.2) is 42.5 Å². The van der Waals surface area contributed by atoms with Crippen LogP contribution in [0.25, 0.3) is 0 Å². The van der Waals surface area contributed by atoms with Gasteiger partial charge in [0.1, 0.15) is 5.76 Å². The first-order valence-corrected chi connectivity index (χ1v) is 10.4. The van der Waals surface area contributed by atoms with Gasteiger partial charge in [0, 0.05) is 19.2 Å². The van der Waals surface area contributed by atoms with Crippen molar-refractivity contribution in [3.05, 3.63) is 59.5 Å². The second kappa shape index (κ2) is 8.41. The molecule has 29 heavy (non-hydrogen) atoms. The Kier molecular flexibility index (Phi) is 5.72. The van der Waals surface area contributed by atoms with Crippen LogP contribution in [0, 0.1) is 0 Å². The number of furan rings is 1. The predicted molar refractivity (Wildman–Crippen MR) is 108 cm³/mol. The minimum atomic E-state index is -0.534. The molecule has 2 amide bonds. The standard InChI is InChI=1S/C23H28N2O4/c1-28-15-13-24-21(26)20-18-9-3-4-10-19(18)22(27)25(16-17-8-7-14-29-17)23(20)11-5-2-6-12-23/h3-4,7-10,14,20H,2,5-6,11-13,15-16H2,1H3,(H,24,26)/t20-/m1/s1. The van der Waals surface area contributed by atoms with Gasteiger partial charge in [0.25, 0.3) is 5.91 Å². The van der Waals surface area contributed by atoms with Crippen LogP contribution in [0.5, 0.6) is 0 Å². The maximum absolute atomic E-state index is 13.6.